The van der Waals surface area contributed by atoms with Crippen LogP contribution in [0.5, 0.6) is 0 Å². The second kappa shape index (κ2) is 4.93. The molecule has 2 heterocycles. The largest absolute Gasteiger partial charge is 0.288 e. The molecule has 3 rings (SSSR count). The molecular formula is C16H12FNO2S. The van der Waals surface area contributed by atoms with Crippen LogP contribution in [0.25, 0.3) is 16.0 Å². The topological polar surface area (TPSA) is 46.2 Å². The molecule has 0 unspecified atom stereocenters. The molecule has 1 N–H and O–H groups in total. The number of halogens is 1. The lowest BCUT2D eigenvalue weighted by molar-refractivity contribution is -0.114. The van der Waals surface area contributed by atoms with Crippen molar-refractivity contribution in [2.45, 2.75) is 13.8 Å². The lowest BCUT2D eigenvalue weighted by Gasteiger charge is -2.15. The highest BCUT2D eigenvalue weighted by Crippen LogP contribution is 2.38. The summed E-state index contributed by atoms with van der Waals surface area (Å²) in [5.74, 6) is -1.05. The van der Waals surface area contributed by atoms with Crippen LogP contribution in [0.3, 0.4) is 0 Å². The molecular weight excluding hydrogens is 289 g/mol. The van der Waals surface area contributed by atoms with Crippen molar-refractivity contribution in [2.75, 3.05) is 0 Å². The first-order valence-electron chi connectivity index (χ1n) is 6.40. The molecule has 0 atom stereocenters. The maximum absolute atomic E-state index is 13.0. The molecule has 0 spiro atoms. The molecule has 21 heavy (non-hydrogen) atoms. The second-order valence-electron chi connectivity index (χ2n) is 5.02. The van der Waals surface area contributed by atoms with Crippen molar-refractivity contribution in [2.24, 2.45) is 0 Å². The van der Waals surface area contributed by atoms with Crippen LogP contribution in [-0.2, 0) is 4.79 Å². The van der Waals surface area contributed by atoms with E-state index in [0.717, 1.165) is 16.0 Å². The van der Waals surface area contributed by atoms with E-state index in [1.165, 1.54) is 23.5 Å². The van der Waals surface area contributed by atoms with Crippen molar-refractivity contribution < 1.29 is 14.0 Å². The Bertz CT molecular complexity index is 783. The van der Waals surface area contributed by atoms with Gasteiger partial charge < -0.3 is 0 Å². The Hall–Kier alpha value is -2.27. The van der Waals surface area contributed by atoms with Crippen molar-refractivity contribution in [1.82, 2.24) is 5.32 Å². The third kappa shape index (κ3) is 2.29. The molecule has 2 amide bonds. The van der Waals surface area contributed by atoms with Crippen LogP contribution < -0.4 is 5.32 Å². The summed E-state index contributed by atoms with van der Waals surface area (Å²) in [5, 5.41) is 2.35. The average molecular weight is 301 g/mol. The fourth-order valence-electron chi connectivity index (χ4n) is 2.29. The Morgan fingerprint density at radius 2 is 1.76 bits per heavy atom. The zero-order valence-electron chi connectivity index (χ0n) is 11.5. The number of fused-ring (bicyclic) bond motifs is 1. The molecule has 0 aliphatic carbocycles. The van der Waals surface area contributed by atoms with Gasteiger partial charge in [-0.05, 0) is 37.6 Å². The number of imide groups is 1. The standard InChI is InChI=1S/C16H12FNO2S/c1-8(2)13-14-11(15(19)18-16(13)20)7-12(21-14)9-3-5-10(17)6-4-9/h3-7H,1-2H3,(H,18,19,20). The molecule has 1 aromatic heterocycles. The fourth-order valence-corrected chi connectivity index (χ4v) is 3.60. The first kappa shape index (κ1) is 13.7. The van der Waals surface area contributed by atoms with Crippen LogP contribution in [0, 0.1) is 5.82 Å². The number of rotatable bonds is 1. The number of nitrogens with one attached hydrogen (secondary N) is 1. The van der Waals surface area contributed by atoms with Crippen molar-refractivity contribution >= 4 is 28.7 Å². The molecule has 1 aliphatic rings. The van der Waals surface area contributed by atoms with Gasteiger partial charge in [0.1, 0.15) is 5.82 Å². The number of allylic oxidation sites excluding steroid dienone is 1. The van der Waals surface area contributed by atoms with Gasteiger partial charge in [-0.2, -0.15) is 0 Å². The zero-order valence-corrected chi connectivity index (χ0v) is 12.3. The number of carbonyl (C=O) groups is 2. The van der Waals surface area contributed by atoms with Gasteiger partial charge in [-0.15, -0.1) is 11.3 Å². The minimum Gasteiger partial charge on any atom is -0.288 e. The zero-order chi connectivity index (χ0) is 15.1. The number of hydrogen-bond donors (Lipinski definition) is 1. The van der Waals surface area contributed by atoms with E-state index in [0.29, 0.717) is 16.0 Å². The molecule has 2 aromatic rings. The number of amides is 2. The van der Waals surface area contributed by atoms with Crippen molar-refractivity contribution in [3.8, 4) is 10.4 Å². The Kier molecular flexibility index (Phi) is 3.22. The number of benzene rings is 1. The molecule has 1 aromatic carbocycles. The Morgan fingerprint density at radius 3 is 2.38 bits per heavy atom. The van der Waals surface area contributed by atoms with E-state index in [1.807, 2.05) is 13.8 Å². The SMILES string of the molecule is CC(C)=C1C(=O)NC(=O)c2cc(-c3ccc(F)cc3)sc21. The van der Waals surface area contributed by atoms with Crippen molar-refractivity contribution in [3.63, 3.8) is 0 Å². The Balaban J connectivity index is 2.18. The van der Waals surface area contributed by atoms with Gasteiger partial charge in [0, 0.05) is 4.88 Å². The summed E-state index contributed by atoms with van der Waals surface area (Å²) >= 11 is 1.38. The minimum atomic E-state index is -0.385. The molecule has 0 bridgehead atoms. The second-order valence-corrected chi connectivity index (χ2v) is 6.07. The molecule has 106 valence electrons. The Morgan fingerprint density at radius 1 is 1.10 bits per heavy atom. The van der Waals surface area contributed by atoms with Crippen LogP contribution in [0.2, 0.25) is 0 Å². The van der Waals surface area contributed by atoms with E-state index in [4.69, 9.17) is 0 Å². The highest BCUT2D eigenvalue weighted by Gasteiger charge is 2.30. The summed E-state index contributed by atoms with van der Waals surface area (Å²) in [6, 6.07) is 7.82. The van der Waals surface area contributed by atoms with Gasteiger partial charge in [0.15, 0.2) is 0 Å². The molecule has 0 radical (unpaired) electrons. The van der Waals surface area contributed by atoms with Gasteiger partial charge in [0.2, 0.25) is 0 Å². The molecule has 1 aliphatic heterocycles. The maximum Gasteiger partial charge on any atom is 0.259 e. The summed E-state index contributed by atoms with van der Waals surface area (Å²) in [6.07, 6.45) is 0. The lowest BCUT2D eigenvalue weighted by Crippen LogP contribution is -2.35. The predicted molar refractivity (Wildman–Crippen MR) is 80.5 cm³/mol. The summed E-state index contributed by atoms with van der Waals surface area (Å²) in [6.45, 7) is 3.68. The van der Waals surface area contributed by atoms with E-state index in [-0.39, 0.29) is 17.6 Å². The van der Waals surface area contributed by atoms with Crippen LogP contribution in [0.15, 0.2) is 35.9 Å². The summed E-state index contributed by atoms with van der Waals surface area (Å²) < 4.78 is 13.0. The van der Waals surface area contributed by atoms with E-state index in [2.05, 4.69) is 5.32 Å². The molecule has 3 nitrogen and oxygen atoms in total. The quantitative estimate of drug-likeness (QED) is 0.646. The minimum absolute atomic E-state index is 0.307. The van der Waals surface area contributed by atoms with Gasteiger partial charge in [-0.25, -0.2) is 4.39 Å². The van der Waals surface area contributed by atoms with Gasteiger partial charge in [-0.1, -0.05) is 17.7 Å². The third-order valence-electron chi connectivity index (χ3n) is 3.29. The third-order valence-corrected chi connectivity index (χ3v) is 4.49. The highest BCUT2D eigenvalue weighted by atomic mass is 32.1. The van der Waals surface area contributed by atoms with Gasteiger partial charge >= 0.3 is 0 Å². The van der Waals surface area contributed by atoms with Gasteiger partial charge in [-0.3, -0.25) is 14.9 Å². The summed E-state index contributed by atoms with van der Waals surface area (Å²) in [4.78, 5) is 25.4. The molecule has 0 saturated heterocycles. The first-order chi connectivity index (χ1) is 9.97. The van der Waals surface area contributed by atoms with E-state index in [1.54, 1.807) is 18.2 Å². The number of hydrogen-bond acceptors (Lipinski definition) is 3. The molecule has 0 saturated carbocycles. The average Bonchev–Trinajstić information content (AvgIpc) is 2.84. The smallest absolute Gasteiger partial charge is 0.259 e. The summed E-state index contributed by atoms with van der Waals surface area (Å²) in [7, 11) is 0. The predicted octanol–water partition coefficient (Wildman–Crippen LogP) is 3.62. The summed E-state index contributed by atoms with van der Waals surface area (Å²) in [5.41, 5.74) is 2.72. The number of carbonyl (C=O) groups excluding carboxylic acids is 2. The van der Waals surface area contributed by atoms with E-state index < -0.39 is 0 Å². The van der Waals surface area contributed by atoms with E-state index in [9.17, 15) is 14.0 Å². The van der Waals surface area contributed by atoms with Crippen molar-refractivity contribution in [3.05, 3.63) is 52.2 Å². The normalized spacial score (nSPS) is 14.0. The molecule has 5 heteroatoms. The molecule has 0 fully saturated rings. The van der Waals surface area contributed by atoms with Crippen LogP contribution in [0.1, 0.15) is 29.1 Å². The van der Waals surface area contributed by atoms with Crippen LogP contribution >= 0.6 is 11.3 Å². The van der Waals surface area contributed by atoms with Gasteiger partial charge in [0.05, 0.1) is 16.0 Å². The lowest BCUT2D eigenvalue weighted by atomic mass is 10.00. The van der Waals surface area contributed by atoms with Gasteiger partial charge in [0.25, 0.3) is 11.8 Å². The van der Waals surface area contributed by atoms with E-state index >= 15 is 0 Å². The highest BCUT2D eigenvalue weighted by molar-refractivity contribution is 7.17. The monoisotopic (exact) mass is 301 g/mol. The number of thiophene rings is 1. The fraction of sp³-hybridized carbons (Fsp3) is 0.125. The maximum atomic E-state index is 13.0. The Labute approximate surface area is 125 Å². The first-order valence-corrected chi connectivity index (χ1v) is 7.22. The van der Waals surface area contributed by atoms with Crippen LogP contribution in [0.4, 0.5) is 4.39 Å². The van der Waals surface area contributed by atoms with Crippen LogP contribution in [-0.4, -0.2) is 11.8 Å². The van der Waals surface area contributed by atoms with Crippen molar-refractivity contribution in [1.29, 1.82) is 0 Å².